The fraction of sp³-hybridized carbons (Fsp3) is 0.500. The van der Waals surface area contributed by atoms with Crippen molar-refractivity contribution in [2.75, 3.05) is 0 Å². The Hall–Kier alpha value is -0.540. The molecule has 15 heavy (non-hydrogen) atoms. The molecule has 1 fully saturated rings. The second-order valence-corrected chi connectivity index (χ2v) is 4.80. The van der Waals surface area contributed by atoms with Crippen molar-refractivity contribution in [3.8, 4) is 5.75 Å². The third-order valence-electron chi connectivity index (χ3n) is 2.88. The van der Waals surface area contributed by atoms with Gasteiger partial charge in [0, 0.05) is 16.6 Å². The maximum atomic E-state index is 5.97. The van der Waals surface area contributed by atoms with Crippen LogP contribution in [0.25, 0.3) is 0 Å². The topological polar surface area (TPSA) is 35.2 Å². The van der Waals surface area contributed by atoms with Gasteiger partial charge in [-0.2, -0.15) is 0 Å². The zero-order chi connectivity index (χ0) is 10.7. The van der Waals surface area contributed by atoms with Crippen LogP contribution in [-0.2, 0) is 6.54 Å². The van der Waals surface area contributed by atoms with Crippen LogP contribution in [0.3, 0.4) is 0 Å². The zero-order valence-corrected chi connectivity index (χ0v) is 10.3. The minimum absolute atomic E-state index is 0.393. The zero-order valence-electron chi connectivity index (χ0n) is 8.71. The van der Waals surface area contributed by atoms with E-state index >= 15 is 0 Å². The lowest BCUT2D eigenvalue weighted by atomic mass is 10.2. The average Bonchev–Trinajstić information content (AvgIpc) is 2.71. The van der Waals surface area contributed by atoms with Gasteiger partial charge in [-0.3, -0.25) is 0 Å². The van der Waals surface area contributed by atoms with E-state index in [9.17, 15) is 0 Å². The highest BCUT2D eigenvalue weighted by Gasteiger charge is 2.18. The summed E-state index contributed by atoms with van der Waals surface area (Å²) in [5.41, 5.74) is 6.79. The summed E-state index contributed by atoms with van der Waals surface area (Å²) in [7, 11) is 0. The number of rotatable bonds is 3. The van der Waals surface area contributed by atoms with Crippen LogP contribution in [0.5, 0.6) is 5.75 Å². The van der Waals surface area contributed by atoms with Gasteiger partial charge in [0.15, 0.2) is 0 Å². The summed E-state index contributed by atoms with van der Waals surface area (Å²) in [6, 6.07) is 6.00. The van der Waals surface area contributed by atoms with Crippen LogP contribution in [0.4, 0.5) is 0 Å². The molecule has 0 bridgehead atoms. The molecule has 2 nitrogen and oxygen atoms in total. The van der Waals surface area contributed by atoms with Crippen LogP contribution in [-0.4, -0.2) is 6.10 Å². The van der Waals surface area contributed by atoms with Crippen LogP contribution >= 0.6 is 15.9 Å². The van der Waals surface area contributed by atoms with E-state index in [1.165, 1.54) is 25.7 Å². The first-order chi connectivity index (χ1) is 7.31. The molecule has 2 rings (SSSR count). The minimum atomic E-state index is 0.393. The van der Waals surface area contributed by atoms with Crippen molar-refractivity contribution < 1.29 is 4.74 Å². The third-order valence-corrected chi connectivity index (χ3v) is 3.62. The summed E-state index contributed by atoms with van der Waals surface area (Å²) in [6.07, 6.45) is 5.32. The van der Waals surface area contributed by atoms with Crippen LogP contribution in [0.15, 0.2) is 22.7 Å². The Morgan fingerprint density at radius 3 is 2.73 bits per heavy atom. The van der Waals surface area contributed by atoms with Gasteiger partial charge in [-0.1, -0.05) is 22.0 Å². The molecular weight excluding hydrogens is 254 g/mol. The number of ether oxygens (including phenoxy) is 1. The fourth-order valence-electron chi connectivity index (χ4n) is 2.03. The van der Waals surface area contributed by atoms with Gasteiger partial charge in [-0.15, -0.1) is 0 Å². The highest BCUT2D eigenvalue weighted by molar-refractivity contribution is 9.10. The first-order valence-electron chi connectivity index (χ1n) is 5.45. The highest BCUT2D eigenvalue weighted by atomic mass is 79.9. The molecule has 0 saturated heterocycles. The summed E-state index contributed by atoms with van der Waals surface area (Å²) >= 11 is 3.50. The molecule has 1 aromatic carbocycles. The molecule has 1 aliphatic rings. The summed E-state index contributed by atoms with van der Waals surface area (Å²) in [5, 5.41) is 0. The molecule has 1 aliphatic carbocycles. The monoisotopic (exact) mass is 269 g/mol. The Morgan fingerprint density at radius 2 is 2.07 bits per heavy atom. The number of hydrogen-bond acceptors (Lipinski definition) is 2. The molecule has 1 saturated carbocycles. The Labute approximate surface area is 98.9 Å². The summed E-state index contributed by atoms with van der Waals surface area (Å²) in [6.45, 7) is 0.517. The smallest absolute Gasteiger partial charge is 0.125 e. The van der Waals surface area contributed by atoms with Crippen molar-refractivity contribution in [2.24, 2.45) is 5.73 Å². The molecule has 0 spiro atoms. The van der Waals surface area contributed by atoms with Crippen LogP contribution < -0.4 is 10.5 Å². The number of benzene rings is 1. The molecule has 3 heteroatoms. The third kappa shape index (κ3) is 2.52. The van der Waals surface area contributed by atoms with Gasteiger partial charge >= 0.3 is 0 Å². The largest absolute Gasteiger partial charge is 0.490 e. The molecule has 0 unspecified atom stereocenters. The lowest BCUT2D eigenvalue weighted by Gasteiger charge is -2.16. The van der Waals surface area contributed by atoms with E-state index in [2.05, 4.69) is 15.9 Å². The molecule has 1 aromatic rings. The van der Waals surface area contributed by atoms with Crippen molar-refractivity contribution in [1.82, 2.24) is 0 Å². The highest BCUT2D eigenvalue weighted by Crippen LogP contribution is 2.30. The van der Waals surface area contributed by atoms with Crippen LogP contribution in [0.1, 0.15) is 31.2 Å². The fourth-order valence-corrected chi connectivity index (χ4v) is 2.54. The van der Waals surface area contributed by atoms with Crippen molar-refractivity contribution in [3.63, 3.8) is 0 Å². The number of halogens is 1. The first-order valence-corrected chi connectivity index (χ1v) is 6.24. The summed E-state index contributed by atoms with van der Waals surface area (Å²) < 4.78 is 7.01. The van der Waals surface area contributed by atoms with Gasteiger partial charge in [0.05, 0.1) is 6.10 Å². The Bertz CT molecular complexity index is 334. The Kier molecular flexibility index (Phi) is 3.65. The molecular formula is C12H16BrNO. The van der Waals surface area contributed by atoms with E-state index in [-0.39, 0.29) is 0 Å². The van der Waals surface area contributed by atoms with Crippen molar-refractivity contribution in [2.45, 2.75) is 38.3 Å². The maximum absolute atomic E-state index is 5.97. The van der Waals surface area contributed by atoms with Gasteiger partial charge < -0.3 is 10.5 Å². The Morgan fingerprint density at radius 1 is 1.33 bits per heavy atom. The first kappa shape index (κ1) is 11.0. The van der Waals surface area contributed by atoms with Crippen LogP contribution in [0, 0.1) is 0 Å². The molecule has 0 amide bonds. The van der Waals surface area contributed by atoms with Gasteiger partial charge in [0.2, 0.25) is 0 Å². The van der Waals surface area contributed by atoms with E-state index in [4.69, 9.17) is 10.5 Å². The lowest BCUT2D eigenvalue weighted by molar-refractivity contribution is 0.208. The molecule has 0 aromatic heterocycles. The van der Waals surface area contributed by atoms with Crippen molar-refractivity contribution in [3.05, 3.63) is 28.2 Å². The van der Waals surface area contributed by atoms with Gasteiger partial charge in [-0.25, -0.2) is 0 Å². The van der Waals surface area contributed by atoms with Gasteiger partial charge in [-0.05, 0) is 37.8 Å². The van der Waals surface area contributed by atoms with Crippen molar-refractivity contribution in [1.29, 1.82) is 0 Å². The average molecular weight is 270 g/mol. The number of hydrogen-bond donors (Lipinski definition) is 1. The van der Waals surface area contributed by atoms with E-state index in [1.54, 1.807) is 0 Å². The lowest BCUT2D eigenvalue weighted by Crippen LogP contribution is -2.13. The standard InChI is InChI=1S/C12H16BrNO/c13-11-6-3-7-12(10(11)8-14)15-9-4-1-2-5-9/h3,6-7,9H,1-2,4-5,8,14H2. The number of nitrogens with two attached hydrogens (primary N) is 1. The normalized spacial score (nSPS) is 16.9. The molecule has 82 valence electrons. The van der Waals surface area contributed by atoms with E-state index < -0.39 is 0 Å². The molecule has 0 radical (unpaired) electrons. The van der Waals surface area contributed by atoms with E-state index in [1.807, 2.05) is 18.2 Å². The minimum Gasteiger partial charge on any atom is -0.490 e. The molecule has 0 aliphatic heterocycles. The molecule has 0 heterocycles. The van der Waals surface area contributed by atoms with Crippen molar-refractivity contribution >= 4 is 15.9 Å². The SMILES string of the molecule is NCc1c(Br)cccc1OC1CCCC1. The van der Waals surface area contributed by atoms with E-state index in [0.29, 0.717) is 12.6 Å². The van der Waals surface area contributed by atoms with Crippen LogP contribution in [0.2, 0.25) is 0 Å². The molecule has 2 N–H and O–H groups in total. The predicted molar refractivity (Wildman–Crippen MR) is 64.9 cm³/mol. The van der Waals surface area contributed by atoms with E-state index in [0.717, 1.165) is 15.8 Å². The second-order valence-electron chi connectivity index (χ2n) is 3.94. The van der Waals surface area contributed by atoms with Gasteiger partial charge in [0.25, 0.3) is 0 Å². The quantitative estimate of drug-likeness (QED) is 0.915. The summed E-state index contributed by atoms with van der Waals surface area (Å²) in [4.78, 5) is 0. The van der Waals surface area contributed by atoms with Gasteiger partial charge in [0.1, 0.15) is 5.75 Å². The second kappa shape index (κ2) is 4.99. The maximum Gasteiger partial charge on any atom is 0.125 e. The molecule has 0 atom stereocenters. The summed E-state index contributed by atoms with van der Waals surface area (Å²) in [5.74, 6) is 0.943. The predicted octanol–water partition coefficient (Wildman–Crippen LogP) is 3.23. The Balaban J connectivity index is 2.15.